The van der Waals surface area contributed by atoms with Crippen molar-refractivity contribution in [2.24, 2.45) is 0 Å². The minimum atomic E-state index is 0.443. The summed E-state index contributed by atoms with van der Waals surface area (Å²) in [5.74, 6) is 2.20. The summed E-state index contributed by atoms with van der Waals surface area (Å²) in [7, 11) is 1.66. The minimum Gasteiger partial charge on any atom is -0.497 e. The van der Waals surface area contributed by atoms with Crippen LogP contribution in [0.4, 0.5) is 0 Å². The zero-order valence-electron chi connectivity index (χ0n) is 19.8. The van der Waals surface area contributed by atoms with Crippen molar-refractivity contribution < 1.29 is 9.47 Å². The molecule has 5 aromatic rings. The van der Waals surface area contributed by atoms with Crippen LogP contribution in [0.25, 0.3) is 33.6 Å². The van der Waals surface area contributed by atoms with E-state index in [2.05, 4.69) is 55.9 Å². The maximum absolute atomic E-state index is 6.32. The van der Waals surface area contributed by atoms with Crippen LogP contribution in [0.15, 0.2) is 78.9 Å². The number of benzene rings is 3. The Morgan fingerprint density at radius 2 is 1.54 bits per heavy atom. The Hall–Kier alpha value is -4.52. The highest BCUT2D eigenvalue weighted by molar-refractivity contribution is 5.80. The number of nitrogens with one attached hydrogen (secondary N) is 1. The quantitative estimate of drug-likeness (QED) is 0.328. The van der Waals surface area contributed by atoms with Gasteiger partial charge in [-0.25, -0.2) is 0 Å². The Morgan fingerprint density at radius 1 is 0.829 bits per heavy atom. The van der Waals surface area contributed by atoms with Crippen molar-refractivity contribution in [1.82, 2.24) is 25.6 Å². The zero-order valence-corrected chi connectivity index (χ0v) is 19.8. The van der Waals surface area contributed by atoms with Gasteiger partial charge >= 0.3 is 0 Å². The monoisotopic (exact) mass is 463 g/mol. The summed E-state index contributed by atoms with van der Waals surface area (Å²) < 4.78 is 11.6. The molecular formula is C28H25N5O2. The summed E-state index contributed by atoms with van der Waals surface area (Å²) in [6.07, 6.45) is 0. The van der Waals surface area contributed by atoms with E-state index in [9.17, 15) is 0 Å². The van der Waals surface area contributed by atoms with Gasteiger partial charge in [-0.3, -0.25) is 4.98 Å². The van der Waals surface area contributed by atoms with E-state index in [1.54, 1.807) is 7.11 Å². The molecule has 0 saturated heterocycles. The molecule has 0 aliphatic carbocycles. The number of nitrogens with zero attached hydrogens (tertiary/aromatic N) is 4. The van der Waals surface area contributed by atoms with Crippen LogP contribution in [0.1, 0.15) is 17.0 Å². The molecule has 35 heavy (non-hydrogen) atoms. The number of ether oxygens (including phenoxy) is 2. The van der Waals surface area contributed by atoms with Crippen molar-refractivity contribution in [1.29, 1.82) is 0 Å². The highest BCUT2D eigenvalue weighted by Crippen LogP contribution is 2.35. The first-order chi connectivity index (χ1) is 17.1. The van der Waals surface area contributed by atoms with Gasteiger partial charge in [0.2, 0.25) is 5.82 Å². The van der Waals surface area contributed by atoms with Gasteiger partial charge in [-0.2, -0.15) is 5.21 Å². The number of aromatic amines is 1. The molecule has 0 radical (unpaired) electrons. The van der Waals surface area contributed by atoms with Gasteiger partial charge in [0.1, 0.15) is 18.1 Å². The lowest BCUT2D eigenvalue weighted by Crippen LogP contribution is -2.01. The van der Waals surface area contributed by atoms with E-state index in [-0.39, 0.29) is 0 Å². The molecule has 0 aliphatic rings. The Balaban J connectivity index is 1.39. The van der Waals surface area contributed by atoms with Crippen LogP contribution in [0.2, 0.25) is 0 Å². The van der Waals surface area contributed by atoms with Crippen LogP contribution in [0.3, 0.4) is 0 Å². The van der Waals surface area contributed by atoms with E-state index >= 15 is 0 Å². The highest BCUT2D eigenvalue weighted by atomic mass is 16.5. The maximum atomic E-state index is 6.32. The normalized spacial score (nSPS) is 10.8. The van der Waals surface area contributed by atoms with Gasteiger partial charge in [0, 0.05) is 28.6 Å². The van der Waals surface area contributed by atoms with Gasteiger partial charge < -0.3 is 9.47 Å². The molecule has 174 valence electrons. The van der Waals surface area contributed by atoms with E-state index < -0.39 is 0 Å². The number of rotatable bonds is 7. The number of hydrogen-bond donors (Lipinski definition) is 1. The SMILES string of the molecule is COc1ccc(-c2c(OCc3ccc(-c4ccccc4-c4nn[nH]n4)cc3)cc(C)nc2C)cc1. The lowest BCUT2D eigenvalue weighted by atomic mass is 9.98. The van der Waals surface area contributed by atoms with Crippen LogP contribution in [-0.2, 0) is 6.61 Å². The lowest BCUT2D eigenvalue weighted by molar-refractivity contribution is 0.307. The molecule has 0 fully saturated rings. The third-order valence-electron chi connectivity index (χ3n) is 5.84. The van der Waals surface area contributed by atoms with Crippen LogP contribution in [0.5, 0.6) is 11.5 Å². The average Bonchev–Trinajstić information content (AvgIpc) is 3.43. The summed E-state index contributed by atoms with van der Waals surface area (Å²) in [6.45, 7) is 4.43. The molecule has 0 unspecified atom stereocenters. The van der Waals surface area contributed by atoms with Crippen molar-refractivity contribution in [2.75, 3.05) is 7.11 Å². The van der Waals surface area contributed by atoms with Crippen molar-refractivity contribution in [3.8, 4) is 45.1 Å². The highest BCUT2D eigenvalue weighted by Gasteiger charge is 2.14. The molecule has 0 saturated carbocycles. The van der Waals surface area contributed by atoms with Crippen LogP contribution in [-0.4, -0.2) is 32.7 Å². The van der Waals surface area contributed by atoms with Gasteiger partial charge in [0.05, 0.1) is 7.11 Å². The van der Waals surface area contributed by atoms with Gasteiger partial charge in [0.15, 0.2) is 0 Å². The fourth-order valence-electron chi connectivity index (χ4n) is 4.16. The molecule has 0 bridgehead atoms. The van der Waals surface area contributed by atoms with Gasteiger partial charge in [-0.1, -0.05) is 60.7 Å². The topological polar surface area (TPSA) is 85.8 Å². The van der Waals surface area contributed by atoms with E-state index in [0.717, 1.165) is 56.3 Å². The van der Waals surface area contributed by atoms with E-state index in [1.807, 2.05) is 62.4 Å². The number of pyridine rings is 1. The van der Waals surface area contributed by atoms with Crippen molar-refractivity contribution in [2.45, 2.75) is 20.5 Å². The van der Waals surface area contributed by atoms with Crippen LogP contribution in [0, 0.1) is 13.8 Å². The lowest BCUT2D eigenvalue weighted by Gasteiger charge is -2.15. The second-order valence-electron chi connectivity index (χ2n) is 8.22. The molecule has 0 spiro atoms. The molecule has 1 N–H and O–H groups in total. The predicted octanol–water partition coefficient (Wildman–Crippen LogP) is 5.80. The molecule has 2 heterocycles. The smallest absolute Gasteiger partial charge is 0.205 e. The number of aryl methyl sites for hydroxylation is 2. The molecule has 3 aromatic carbocycles. The third kappa shape index (κ3) is 4.75. The third-order valence-corrected chi connectivity index (χ3v) is 5.84. The largest absolute Gasteiger partial charge is 0.497 e. The number of methoxy groups -OCH3 is 1. The molecule has 7 nitrogen and oxygen atoms in total. The molecule has 7 heteroatoms. The first-order valence-corrected chi connectivity index (χ1v) is 11.3. The number of hydrogen-bond acceptors (Lipinski definition) is 6. The van der Waals surface area contributed by atoms with Crippen LogP contribution < -0.4 is 9.47 Å². The fraction of sp³-hybridized carbons (Fsp3) is 0.143. The number of aromatic nitrogens is 5. The number of H-pyrrole nitrogens is 1. The first kappa shape index (κ1) is 22.3. The zero-order chi connectivity index (χ0) is 24.2. The minimum absolute atomic E-state index is 0.443. The second kappa shape index (κ2) is 9.77. The maximum Gasteiger partial charge on any atom is 0.205 e. The molecule has 0 aliphatic heterocycles. The summed E-state index contributed by atoms with van der Waals surface area (Å²) in [5.41, 5.74) is 7.99. The summed E-state index contributed by atoms with van der Waals surface area (Å²) in [6, 6.07) is 26.3. The molecule has 2 aromatic heterocycles. The number of tetrazole rings is 1. The Morgan fingerprint density at radius 3 is 2.23 bits per heavy atom. The van der Waals surface area contributed by atoms with E-state index in [4.69, 9.17) is 9.47 Å². The average molecular weight is 464 g/mol. The standard InChI is InChI=1S/C28H25N5O2/c1-18-16-26(27(19(2)29-18)22-12-14-23(34-3)15-13-22)35-17-20-8-10-21(11-9-20)24-6-4-5-7-25(24)28-30-32-33-31-28/h4-16H,17H2,1-3H3,(H,30,31,32,33). The van der Waals surface area contributed by atoms with Crippen molar-refractivity contribution in [3.63, 3.8) is 0 Å². The van der Waals surface area contributed by atoms with Gasteiger partial charge in [-0.15, -0.1) is 10.2 Å². The molecule has 5 rings (SSSR count). The van der Waals surface area contributed by atoms with Crippen molar-refractivity contribution >= 4 is 0 Å². The predicted molar refractivity (Wildman–Crippen MR) is 135 cm³/mol. The van der Waals surface area contributed by atoms with E-state index in [0.29, 0.717) is 12.4 Å². The summed E-state index contributed by atoms with van der Waals surface area (Å²) in [4.78, 5) is 4.65. The van der Waals surface area contributed by atoms with Gasteiger partial charge in [-0.05, 0) is 53.4 Å². The fourth-order valence-corrected chi connectivity index (χ4v) is 4.16. The Kier molecular flexibility index (Phi) is 6.22. The van der Waals surface area contributed by atoms with Crippen LogP contribution >= 0.6 is 0 Å². The summed E-state index contributed by atoms with van der Waals surface area (Å²) >= 11 is 0. The molecule has 0 atom stereocenters. The van der Waals surface area contributed by atoms with Crippen molar-refractivity contribution in [3.05, 3.63) is 95.8 Å². The Bertz CT molecular complexity index is 1430. The van der Waals surface area contributed by atoms with E-state index in [1.165, 1.54) is 0 Å². The van der Waals surface area contributed by atoms with Gasteiger partial charge in [0.25, 0.3) is 0 Å². The second-order valence-corrected chi connectivity index (χ2v) is 8.22. The molecular weight excluding hydrogens is 438 g/mol. The summed E-state index contributed by atoms with van der Waals surface area (Å²) in [5, 5.41) is 14.5. The Labute approximate surface area is 203 Å². The molecule has 0 amide bonds. The first-order valence-electron chi connectivity index (χ1n) is 11.3.